The van der Waals surface area contributed by atoms with Crippen molar-refractivity contribution in [3.05, 3.63) is 47.1 Å². The maximum absolute atomic E-state index is 13.5. The number of hydrogen-bond acceptors (Lipinski definition) is 5. The maximum Gasteiger partial charge on any atom is 0.183 e. The van der Waals surface area contributed by atoms with Gasteiger partial charge in [0.1, 0.15) is 6.61 Å². The van der Waals surface area contributed by atoms with Gasteiger partial charge in [0.15, 0.2) is 17.4 Å². The van der Waals surface area contributed by atoms with Crippen LogP contribution in [0.1, 0.15) is 5.69 Å². The number of rotatable bonds is 4. The number of nitrogen functional groups attached to an aromatic ring is 1. The largest absolute Gasteiger partial charge is 0.484 e. The zero-order valence-electron chi connectivity index (χ0n) is 9.23. The number of ether oxygens (including phenoxy) is 1. The van der Waals surface area contributed by atoms with Crippen molar-refractivity contribution in [1.82, 2.24) is 9.97 Å². The Labute approximate surface area is 108 Å². The lowest BCUT2D eigenvalue weighted by Gasteiger charge is -2.07. The van der Waals surface area contributed by atoms with Crippen LogP contribution < -0.4 is 16.0 Å². The zero-order valence-corrected chi connectivity index (χ0v) is 9.99. The summed E-state index contributed by atoms with van der Waals surface area (Å²) in [4.78, 5) is 7.98. The fraction of sp³-hybridized carbons (Fsp3) is 0.0909. The van der Waals surface area contributed by atoms with Crippen molar-refractivity contribution in [3.63, 3.8) is 0 Å². The van der Waals surface area contributed by atoms with E-state index in [2.05, 4.69) is 15.4 Å². The summed E-state index contributed by atoms with van der Waals surface area (Å²) in [5, 5.41) is 0.0151. The summed E-state index contributed by atoms with van der Waals surface area (Å²) in [6.07, 6.45) is 2.94. The third kappa shape index (κ3) is 2.85. The first kappa shape index (κ1) is 12.5. The van der Waals surface area contributed by atoms with Crippen LogP contribution in [-0.2, 0) is 6.61 Å². The van der Waals surface area contributed by atoms with E-state index in [0.717, 1.165) is 0 Å². The number of aromatic nitrogens is 2. The molecule has 1 aromatic carbocycles. The molecule has 2 rings (SSSR count). The van der Waals surface area contributed by atoms with Gasteiger partial charge in [-0.15, -0.1) is 0 Å². The SMILES string of the molecule is NNc1cnc(COc2cccc(Cl)c2F)cn1. The van der Waals surface area contributed by atoms with Crippen LogP contribution in [0.5, 0.6) is 5.75 Å². The monoisotopic (exact) mass is 268 g/mol. The van der Waals surface area contributed by atoms with Gasteiger partial charge >= 0.3 is 0 Å². The van der Waals surface area contributed by atoms with Crippen LogP contribution in [0.2, 0.25) is 5.02 Å². The molecule has 0 spiro atoms. The van der Waals surface area contributed by atoms with Crippen molar-refractivity contribution in [1.29, 1.82) is 0 Å². The zero-order chi connectivity index (χ0) is 13.0. The first-order valence-electron chi connectivity index (χ1n) is 5.05. The van der Waals surface area contributed by atoms with E-state index in [1.54, 1.807) is 6.07 Å². The van der Waals surface area contributed by atoms with Crippen molar-refractivity contribution in [2.75, 3.05) is 5.43 Å². The number of nitrogens with two attached hydrogens (primary N) is 1. The van der Waals surface area contributed by atoms with Crippen molar-refractivity contribution >= 4 is 17.4 Å². The third-order valence-electron chi connectivity index (χ3n) is 2.14. The van der Waals surface area contributed by atoms with Gasteiger partial charge in [-0.05, 0) is 12.1 Å². The summed E-state index contributed by atoms with van der Waals surface area (Å²) >= 11 is 5.63. The fourth-order valence-corrected chi connectivity index (χ4v) is 1.42. The summed E-state index contributed by atoms with van der Waals surface area (Å²) in [6, 6.07) is 4.55. The number of benzene rings is 1. The molecule has 0 atom stereocenters. The van der Waals surface area contributed by atoms with Crippen molar-refractivity contribution < 1.29 is 9.13 Å². The highest BCUT2D eigenvalue weighted by Gasteiger charge is 2.07. The Hall–Kier alpha value is -1.92. The quantitative estimate of drug-likeness (QED) is 0.656. The van der Waals surface area contributed by atoms with Crippen LogP contribution in [0.15, 0.2) is 30.6 Å². The fourth-order valence-electron chi connectivity index (χ4n) is 1.25. The van der Waals surface area contributed by atoms with Gasteiger partial charge in [0.05, 0.1) is 23.1 Å². The first-order chi connectivity index (χ1) is 8.70. The van der Waals surface area contributed by atoms with Gasteiger partial charge in [-0.2, -0.15) is 0 Å². The van der Waals surface area contributed by atoms with E-state index in [-0.39, 0.29) is 17.4 Å². The molecule has 1 heterocycles. The van der Waals surface area contributed by atoms with E-state index in [9.17, 15) is 4.39 Å². The van der Waals surface area contributed by atoms with E-state index < -0.39 is 5.82 Å². The molecule has 94 valence electrons. The minimum atomic E-state index is -0.590. The Morgan fingerprint density at radius 3 is 2.83 bits per heavy atom. The number of hydrogen-bond donors (Lipinski definition) is 2. The van der Waals surface area contributed by atoms with Crippen molar-refractivity contribution in [3.8, 4) is 5.75 Å². The average Bonchev–Trinajstić information content (AvgIpc) is 2.41. The molecular formula is C11H10ClFN4O. The molecule has 0 fully saturated rings. The van der Waals surface area contributed by atoms with Crippen LogP contribution >= 0.6 is 11.6 Å². The van der Waals surface area contributed by atoms with Crippen LogP contribution in [0.25, 0.3) is 0 Å². The molecule has 3 N–H and O–H groups in total. The van der Waals surface area contributed by atoms with Crippen LogP contribution in [0, 0.1) is 5.82 Å². The average molecular weight is 269 g/mol. The molecule has 7 heteroatoms. The number of nitrogens with one attached hydrogen (secondary N) is 1. The molecule has 0 radical (unpaired) electrons. The van der Waals surface area contributed by atoms with Crippen LogP contribution in [0.4, 0.5) is 10.2 Å². The van der Waals surface area contributed by atoms with Gasteiger partial charge in [0, 0.05) is 0 Å². The molecule has 0 aliphatic rings. The molecule has 2 aromatic rings. The summed E-state index contributed by atoms with van der Waals surface area (Å²) in [6.45, 7) is 0.0924. The minimum absolute atomic E-state index is 0.0151. The molecule has 0 unspecified atom stereocenters. The predicted molar refractivity (Wildman–Crippen MR) is 65.6 cm³/mol. The van der Waals surface area contributed by atoms with Gasteiger partial charge in [-0.25, -0.2) is 15.2 Å². The van der Waals surface area contributed by atoms with Gasteiger partial charge in [0.2, 0.25) is 0 Å². The van der Waals surface area contributed by atoms with Crippen molar-refractivity contribution in [2.45, 2.75) is 6.61 Å². The molecular weight excluding hydrogens is 259 g/mol. The Morgan fingerprint density at radius 1 is 1.33 bits per heavy atom. The van der Waals surface area contributed by atoms with E-state index in [1.165, 1.54) is 24.5 Å². The Morgan fingerprint density at radius 2 is 2.17 bits per heavy atom. The minimum Gasteiger partial charge on any atom is -0.484 e. The third-order valence-corrected chi connectivity index (χ3v) is 2.44. The lowest BCUT2D eigenvalue weighted by Crippen LogP contribution is -2.09. The van der Waals surface area contributed by atoms with Gasteiger partial charge in [-0.1, -0.05) is 17.7 Å². The highest BCUT2D eigenvalue weighted by molar-refractivity contribution is 6.30. The lowest BCUT2D eigenvalue weighted by atomic mass is 10.3. The normalized spacial score (nSPS) is 10.2. The second kappa shape index (κ2) is 5.61. The number of anilines is 1. The Bertz CT molecular complexity index is 535. The molecule has 0 saturated heterocycles. The molecule has 1 aromatic heterocycles. The second-order valence-corrected chi connectivity index (χ2v) is 3.79. The summed E-state index contributed by atoms with van der Waals surface area (Å²) in [7, 11) is 0. The summed E-state index contributed by atoms with van der Waals surface area (Å²) in [5.41, 5.74) is 2.90. The summed E-state index contributed by atoms with van der Waals surface area (Å²) in [5.74, 6) is 5.08. The topological polar surface area (TPSA) is 73.1 Å². The summed E-state index contributed by atoms with van der Waals surface area (Å²) < 4.78 is 18.8. The number of halogens is 2. The Kier molecular flexibility index (Phi) is 3.91. The molecule has 5 nitrogen and oxygen atoms in total. The standard InChI is InChI=1S/C11H10ClFN4O/c12-8-2-1-3-9(11(8)13)18-6-7-4-16-10(17-14)5-15-7/h1-5H,6,14H2,(H,16,17). The van der Waals surface area contributed by atoms with E-state index in [1.807, 2.05) is 0 Å². The molecule has 0 saturated carbocycles. The molecule has 0 bridgehead atoms. The highest BCUT2D eigenvalue weighted by Crippen LogP contribution is 2.24. The van der Waals surface area contributed by atoms with E-state index in [0.29, 0.717) is 11.5 Å². The molecule has 0 aliphatic heterocycles. The van der Waals surface area contributed by atoms with Crippen LogP contribution in [-0.4, -0.2) is 9.97 Å². The van der Waals surface area contributed by atoms with E-state index >= 15 is 0 Å². The van der Waals surface area contributed by atoms with Gasteiger partial charge in [-0.3, -0.25) is 4.98 Å². The second-order valence-electron chi connectivity index (χ2n) is 3.38. The molecule has 0 amide bonds. The predicted octanol–water partition coefficient (Wildman–Crippen LogP) is 2.13. The Balaban J connectivity index is 2.04. The van der Waals surface area contributed by atoms with Crippen molar-refractivity contribution in [2.24, 2.45) is 5.84 Å². The molecule has 0 aliphatic carbocycles. The van der Waals surface area contributed by atoms with Gasteiger partial charge < -0.3 is 10.2 Å². The number of hydrazine groups is 1. The maximum atomic E-state index is 13.5. The highest BCUT2D eigenvalue weighted by atomic mass is 35.5. The molecule has 18 heavy (non-hydrogen) atoms. The lowest BCUT2D eigenvalue weighted by molar-refractivity contribution is 0.285. The number of nitrogens with zero attached hydrogens (tertiary/aromatic N) is 2. The smallest absolute Gasteiger partial charge is 0.183 e. The van der Waals surface area contributed by atoms with Crippen LogP contribution in [0.3, 0.4) is 0 Å². The van der Waals surface area contributed by atoms with Gasteiger partial charge in [0.25, 0.3) is 0 Å². The first-order valence-corrected chi connectivity index (χ1v) is 5.43. The van der Waals surface area contributed by atoms with E-state index in [4.69, 9.17) is 22.2 Å².